The first-order chi connectivity index (χ1) is 3.33. The maximum Gasteiger partial charge on any atom is 0.211 e. The number of hydrogen-bond acceptors (Lipinski definition) is 2. The summed E-state index contributed by atoms with van der Waals surface area (Å²) in [7, 11) is 0. The van der Waals surface area contributed by atoms with Crippen LogP contribution in [0.5, 0.6) is 0 Å². The molecule has 0 rings (SSSR count). The lowest BCUT2D eigenvalue weighted by molar-refractivity contribution is 0.928. The van der Waals surface area contributed by atoms with E-state index in [1.54, 1.807) is 0 Å². The molecule has 0 aromatic carbocycles. The zero-order valence-electron chi connectivity index (χ0n) is 4.24. The van der Waals surface area contributed by atoms with Crippen LogP contribution in [0.4, 0.5) is 0 Å². The summed E-state index contributed by atoms with van der Waals surface area (Å²) in [6, 6.07) is 0. The predicted octanol–water partition coefficient (Wildman–Crippen LogP) is 1.91. The summed E-state index contributed by atoms with van der Waals surface area (Å²) in [4.78, 5) is 2.00. The van der Waals surface area contributed by atoms with Crippen molar-refractivity contribution in [2.24, 2.45) is 0 Å². The van der Waals surface area contributed by atoms with Crippen molar-refractivity contribution in [3.05, 3.63) is 0 Å². The molecule has 7 heavy (non-hydrogen) atoms. The highest BCUT2D eigenvalue weighted by atomic mass is 79.9. The van der Waals surface area contributed by atoms with Crippen molar-refractivity contribution < 1.29 is 0 Å². The van der Waals surface area contributed by atoms with E-state index in [1.165, 1.54) is 6.42 Å². The molecule has 0 saturated heterocycles. The number of hydrogen-bond donors (Lipinski definition) is 2. The fraction of sp³-hybridized carbons (Fsp3) is 1.00. The van der Waals surface area contributed by atoms with E-state index >= 15 is 0 Å². The molecule has 0 aliphatic heterocycles. The summed E-state index contributed by atoms with van der Waals surface area (Å²) in [5.41, 5.74) is 11.0. The van der Waals surface area contributed by atoms with Crippen LogP contribution in [0, 0.1) is 11.1 Å². The lowest BCUT2D eigenvalue weighted by Crippen LogP contribution is -1.54. The van der Waals surface area contributed by atoms with E-state index in [-0.39, 0.29) is 0 Å². The molecule has 0 aromatic rings. The number of nitrogens with one attached hydrogen (secondary N) is 2. The molecule has 2 N–H and O–H groups in total. The molecule has 0 aromatic heterocycles. The van der Waals surface area contributed by atoms with Crippen molar-refractivity contribution in [3.63, 3.8) is 0 Å². The molecule has 0 unspecified atom stereocenters. The Morgan fingerprint density at radius 1 is 1.57 bits per heavy atom. The minimum absolute atomic E-state index is 1.13. The average molecular weight is 167 g/mol. The molecular formula is C3H9BrN3+. The third-order valence-electron chi connectivity index (χ3n) is 0.189. The van der Waals surface area contributed by atoms with E-state index in [1.807, 2.05) is 4.91 Å². The Kier molecular flexibility index (Phi) is 24.2. The number of nitrogens with zero attached hydrogens (tertiary/aromatic N) is 1. The summed E-state index contributed by atoms with van der Waals surface area (Å²) in [6.45, 7) is 2.13. The van der Waals surface area contributed by atoms with Crippen LogP contribution >= 0.6 is 15.9 Å². The average Bonchev–Trinajstić information content (AvgIpc) is 1.69. The molecule has 0 heterocycles. The standard InChI is InChI=1S/C3H7Br.H2N3/c1-2-3-4;1-3-2/h2-3H2,1H3;1-2H/q;+1. The second-order valence-electron chi connectivity index (χ2n) is 0.801. The van der Waals surface area contributed by atoms with E-state index in [0.29, 0.717) is 0 Å². The molecule has 0 aliphatic carbocycles. The first-order valence-corrected chi connectivity index (χ1v) is 3.04. The van der Waals surface area contributed by atoms with Crippen LogP contribution in [0.15, 0.2) is 0 Å². The molecule has 3 nitrogen and oxygen atoms in total. The van der Waals surface area contributed by atoms with Crippen LogP contribution in [0.3, 0.4) is 0 Å². The topological polar surface area (TPSA) is 61.8 Å². The maximum absolute atomic E-state index is 5.50. The van der Waals surface area contributed by atoms with Gasteiger partial charge in [0, 0.05) is 5.33 Å². The van der Waals surface area contributed by atoms with Gasteiger partial charge in [0.25, 0.3) is 0 Å². The molecule has 42 valence electrons. The Morgan fingerprint density at radius 2 is 1.71 bits per heavy atom. The van der Waals surface area contributed by atoms with E-state index in [9.17, 15) is 0 Å². The molecule has 4 heteroatoms. The molecule has 0 radical (unpaired) electrons. The number of rotatable bonds is 1. The van der Waals surface area contributed by atoms with Crippen LogP contribution in [0.25, 0.3) is 0 Å². The van der Waals surface area contributed by atoms with Crippen LogP contribution < -0.4 is 4.91 Å². The lowest BCUT2D eigenvalue weighted by atomic mass is 10.6. The summed E-state index contributed by atoms with van der Waals surface area (Å²) >= 11 is 3.25. The SMILES string of the molecule is CCCBr.N=[N+]=N. The third kappa shape index (κ3) is 133. The predicted molar refractivity (Wildman–Crippen MR) is 31.7 cm³/mol. The Hall–Kier alpha value is -0.210. The van der Waals surface area contributed by atoms with E-state index in [2.05, 4.69) is 22.9 Å². The minimum Gasteiger partial charge on any atom is -0.0928 e. The highest BCUT2D eigenvalue weighted by Gasteiger charge is 1.58. The first-order valence-electron chi connectivity index (χ1n) is 1.92. The molecule has 0 fully saturated rings. The Balaban J connectivity index is 0. The summed E-state index contributed by atoms with van der Waals surface area (Å²) in [5, 5.41) is 1.13. The minimum atomic E-state index is 1.13. The molecule has 0 saturated carbocycles. The van der Waals surface area contributed by atoms with Gasteiger partial charge in [0.05, 0.1) is 0 Å². The van der Waals surface area contributed by atoms with Gasteiger partial charge in [0.2, 0.25) is 4.91 Å². The van der Waals surface area contributed by atoms with Crippen molar-refractivity contribution in [1.29, 1.82) is 11.1 Å². The molecule has 0 spiro atoms. The second kappa shape index (κ2) is 17.1. The normalized spacial score (nSPS) is 5.43. The van der Waals surface area contributed by atoms with Gasteiger partial charge in [-0.1, -0.05) is 22.9 Å². The van der Waals surface area contributed by atoms with Gasteiger partial charge < -0.3 is 0 Å². The molecule has 0 atom stereocenters. The van der Waals surface area contributed by atoms with Crippen LogP contribution in [-0.4, -0.2) is 5.33 Å². The highest BCUT2D eigenvalue weighted by molar-refractivity contribution is 9.09. The Bertz CT molecular complexity index is 46.1. The Labute approximate surface area is 51.3 Å². The maximum atomic E-state index is 5.50. The van der Waals surface area contributed by atoms with Gasteiger partial charge in [-0.05, 0) is 6.42 Å². The zero-order chi connectivity index (χ0) is 6.12. The van der Waals surface area contributed by atoms with Gasteiger partial charge in [0.1, 0.15) is 11.1 Å². The van der Waals surface area contributed by atoms with Crippen molar-refractivity contribution in [1.82, 2.24) is 4.91 Å². The molecule has 0 amide bonds. The number of alkyl halides is 1. The second-order valence-corrected chi connectivity index (χ2v) is 1.59. The van der Waals surface area contributed by atoms with Gasteiger partial charge >= 0.3 is 0 Å². The molecule has 0 aliphatic rings. The van der Waals surface area contributed by atoms with Gasteiger partial charge in [-0.3, -0.25) is 0 Å². The van der Waals surface area contributed by atoms with Gasteiger partial charge in [0.15, 0.2) is 0 Å². The fourth-order valence-corrected chi connectivity index (χ4v) is 0. The van der Waals surface area contributed by atoms with E-state index in [0.717, 1.165) is 5.33 Å². The van der Waals surface area contributed by atoms with E-state index in [4.69, 9.17) is 11.1 Å². The quantitative estimate of drug-likeness (QED) is 0.340. The summed E-state index contributed by atoms with van der Waals surface area (Å²) in [6.07, 6.45) is 1.24. The van der Waals surface area contributed by atoms with Crippen LogP contribution in [0.1, 0.15) is 13.3 Å². The Morgan fingerprint density at radius 3 is 1.71 bits per heavy atom. The zero-order valence-corrected chi connectivity index (χ0v) is 5.83. The largest absolute Gasteiger partial charge is 0.211 e. The van der Waals surface area contributed by atoms with Gasteiger partial charge in [-0.2, -0.15) is 0 Å². The lowest BCUT2D eigenvalue weighted by Gasteiger charge is -1.66. The summed E-state index contributed by atoms with van der Waals surface area (Å²) in [5.74, 6) is 0. The van der Waals surface area contributed by atoms with Crippen molar-refractivity contribution in [2.75, 3.05) is 5.33 Å². The summed E-state index contributed by atoms with van der Waals surface area (Å²) < 4.78 is 0. The monoisotopic (exact) mass is 166 g/mol. The highest BCUT2D eigenvalue weighted by Crippen LogP contribution is 1.80. The van der Waals surface area contributed by atoms with E-state index < -0.39 is 0 Å². The number of halogens is 1. The fourth-order valence-electron chi connectivity index (χ4n) is 0. The van der Waals surface area contributed by atoms with Gasteiger partial charge in [-0.15, -0.1) is 0 Å². The van der Waals surface area contributed by atoms with Crippen molar-refractivity contribution in [3.8, 4) is 0 Å². The van der Waals surface area contributed by atoms with Crippen LogP contribution in [0.2, 0.25) is 0 Å². The van der Waals surface area contributed by atoms with Crippen molar-refractivity contribution in [2.45, 2.75) is 13.3 Å². The third-order valence-corrected chi connectivity index (χ3v) is 0.982. The smallest absolute Gasteiger partial charge is 0.0928 e. The first kappa shape index (κ1) is 9.92. The molecular weight excluding hydrogens is 158 g/mol. The van der Waals surface area contributed by atoms with Gasteiger partial charge in [-0.25, -0.2) is 0 Å². The van der Waals surface area contributed by atoms with Crippen LogP contribution in [-0.2, 0) is 0 Å². The molecule has 0 bridgehead atoms. The van der Waals surface area contributed by atoms with Crippen molar-refractivity contribution >= 4 is 15.9 Å².